The molecule has 0 aliphatic carbocycles. The van der Waals surface area contributed by atoms with Crippen LogP contribution >= 0.6 is 0 Å². The van der Waals surface area contributed by atoms with E-state index in [4.69, 9.17) is 16.0 Å². The van der Waals surface area contributed by atoms with Crippen molar-refractivity contribution in [2.24, 2.45) is 0 Å². The molecule has 1 unspecified atom stereocenters. The number of nitrogen functional groups attached to an aromatic ring is 1. The molecule has 11 nitrogen and oxygen atoms in total. The number of aromatic nitrogens is 5. The first-order valence-corrected chi connectivity index (χ1v) is 11.7. The van der Waals surface area contributed by atoms with E-state index in [-0.39, 0.29) is 23.7 Å². The lowest BCUT2D eigenvalue weighted by Gasteiger charge is -2.31. The van der Waals surface area contributed by atoms with Gasteiger partial charge >= 0.3 is 0 Å². The molecule has 0 saturated carbocycles. The molecule has 1 fully saturated rings. The molecule has 4 aromatic rings. The number of fused-ring (bicyclic) bond motifs is 1. The second kappa shape index (κ2) is 9.87. The Kier molecular flexibility index (Phi) is 6.30. The highest BCUT2D eigenvalue weighted by atomic mass is 16.2. The van der Waals surface area contributed by atoms with Crippen LogP contribution < -0.4 is 11.1 Å². The highest BCUT2D eigenvalue weighted by molar-refractivity contribution is 6.04. The molecule has 3 N–H and O–H groups in total. The lowest BCUT2D eigenvalue weighted by molar-refractivity contribution is -0.127. The number of carbonyl (C=O) groups is 2. The highest BCUT2D eigenvalue weighted by Crippen LogP contribution is 2.33. The van der Waals surface area contributed by atoms with Crippen molar-refractivity contribution in [1.82, 2.24) is 29.2 Å². The lowest BCUT2D eigenvalue weighted by Crippen LogP contribution is -2.38. The van der Waals surface area contributed by atoms with Crippen LogP contribution in [0.15, 0.2) is 61.6 Å². The Morgan fingerprint density at radius 2 is 2.00 bits per heavy atom. The van der Waals surface area contributed by atoms with Gasteiger partial charge in [-0.3, -0.25) is 9.59 Å². The molecule has 0 bridgehead atoms. The van der Waals surface area contributed by atoms with E-state index in [1.165, 1.54) is 24.7 Å². The number of hydrogen-bond acceptors (Lipinski definition) is 8. The topological polar surface area (TPSA) is 155 Å². The predicted molar refractivity (Wildman–Crippen MR) is 136 cm³/mol. The van der Waals surface area contributed by atoms with Crippen LogP contribution in [0.5, 0.6) is 0 Å². The maximum Gasteiger partial charge on any atom is 0.256 e. The summed E-state index contributed by atoms with van der Waals surface area (Å²) in [5.74, 6) is 0.589. The first kappa shape index (κ1) is 23.6. The van der Waals surface area contributed by atoms with Crippen LogP contribution in [0.4, 0.5) is 11.8 Å². The Bertz CT molecular complexity index is 1550. The lowest BCUT2D eigenvalue weighted by atomic mass is 9.95. The smallest absolute Gasteiger partial charge is 0.256 e. The summed E-state index contributed by atoms with van der Waals surface area (Å²) >= 11 is 0. The van der Waals surface area contributed by atoms with Gasteiger partial charge in [0.1, 0.15) is 18.0 Å². The van der Waals surface area contributed by atoms with E-state index in [1.807, 2.05) is 6.07 Å². The molecule has 0 radical (unpaired) electrons. The van der Waals surface area contributed by atoms with Crippen LogP contribution in [0.3, 0.4) is 0 Å². The molecule has 1 atom stereocenters. The van der Waals surface area contributed by atoms with Crippen LogP contribution in [0.1, 0.15) is 40.4 Å². The number of carbonyl (C=O) groups excluding carboxylic acids is 2. The molecule has 1 aromatic carbocycles. The molecule has 5 rings (SSSR count). The second-order valence-corrected chi connectivity index (χ2v) is 8.61. The molecule has 1 aliphatic rings. The number of piperidine rings is 1. The standard InChI is InChI=1S/C26H23N9O2/c1-2-21(36)34-11-3-4-19(14-34)22-24-30-15-31-26(28)35(24)23(33-22)17-5-7-18(8-6-17)25(37)32-20-12-16(13-27)9-10-29-20/h2,5-10,12,15,19H,1,3-4,11,14H2,(H2,28,30,31)(H,29,32,37). The number of hydrogen-bond donors (Lipinski definition) is 2. The molecule has 184 valence electrons. The van der Waals surface area contributed by atoms with Crippen LogP contribution in [-0.2, 0) is 4.79 Å². The summed E-state index contributed by atoms with van der Waals surface area (Å²) in [4.78, 5) is 44.3. The summed E-state index contributed by atoms with van der Waals surface area (Å²) in [6.07, 6.45) is 5.89. The Morgan fingerprint density at radius 1 is 1.19 bits per heavy atom. The van der Waals surface area contributed by atoms with Crippen molar-refractivity contribution in [2.75, 3.05) is 24.1 Å². The van der Waals surface area contributed by atoms with Gasteiger partial charge in [0.05, 0.1) is 17.3 Å². The average Bonchev–Trinajstić information content (AvgIpc) is 3.34. The van der Waals surface area contributed by atoms with Gasteiger partial charge in [0, 0.05) is 36.3 Å². The van der Waals surface area contributed by atoms with Gasteiger partial charge in [-0.05, 0) is 43.2 Å². The van der Waals surface area contributed by atoms with Gasteiger partial charge in [-0.15, -0.1) is 0 Å². The SMILES string of the molecule is C=CC(=O)N1CCCC(c2nc(-c3ccc(C(=O)Nc4cc(C#N)ccn4)cc3)n3c(N)ncnc23)C1. The molecule has 1 aliphatic heterocycles. The summed E-state index contributed by atoms with van der Waals surface area (Å²) < 4.78 is 1.69. The number of pyridine rings is 1. The minimum atomic E-state index is -0.361. The summed E-state index contributed by atoms with van der Waals surface area (Å²) in [7, 11) is 0. The minimum absolute atomic E-state index is 0.0163. The van der Waals surface area contributed by atoms with E-state index in [1.54, 1.807) is 39.6 Å². The zero-order valence-electron chi connectivity index (χ0n) is 19.8. The van der Waals surface area contributed by atoms with Gasteiger partial charge in [-0.1, -0.05) is 18.7 Å². The Morgan fingerprint density at radius 3 is 2.76 bits per heavy atom. The molecule has 11 heteroatoms. The predicted octanol–water partition coefficient (Wildman–Crippen LogP) is 2.78. The highest BCUT2D eigenvalue weighted by Gasteiger charge is 2.29. The summed E-state index contributed by atoms with van der Waals surface area (Å²) in [5.41, 5.74) is 9.08. The van der Waals surface area contributed by atoms with E-state index in [2.05, 4.69) is 26.8 Å². The number of nitrogens with two attached hydrogens (primary N) is 1. The Hall–Kier alpha value is -5.11. The molecule has 37 heavy (non-hydrogen) atoms. The first-order chi connectivity index (χ1) is 18.0. The Balaban J connectivity index is 1.45. The number of rotatable bonds is 5. The first-order valence-electron chi connectivity index (χ1n) is 11.7. The molecule has 4 heterocycles. The van der Waals surface area contributed by atoms with Crippen molar-refractivity contribution in [3.05, 3.63) is 78.4 Å². The van der Waals surface area contributed by atoms with E-state index < -0.39 is 0 Å². The van der Waals surface area contributed by atoms with Gasteiger partial charge in [0.15, 0.2) is 5.65 Å². The van der Waals surface area contributed by atoms with Gasteiger partial charge in [-0.25, -0.2) is 24.3 Å². The fraction of sp³-hybridized carbons (Fsp3) is 0.192. The van der Waals surface area contributed by atoms with Crippen LogP contribution in [0.2, 0.25) is 0 Å². The zero-order valence-corrected chi connectivity index (χ0v) is 19.8. The fourth-order valence-electron chi connectivity index (χ4n) is 4.49. The maximum atomic E-state index is 12.7. The molecule has 3 aromatic heterocycles. The van der Waals surface area contributed by atoms with E-state index in [0.29, 0.717) is 41.5 Å². The average molecular weight is 494 g/mol. The molecule has 1 saturated heterocycles. The van der Waals surface area contributed by atoms with Gasteiger partial charge in [0.25, 0.3) is 5.91 Å². The van der Waals surface area contributed by atoms with Gasteiger partial charge in [0.2, 0.25) is 11.9 Å². The number of likely N-dealkylation sites (tertiary alicyclic amines) is 1. The van der Waals surface area contributed by atoms with Crippen molar-refractivity contribution in [3.63, 3.8) is 0 Å². The number of imidazole rings is 1. The van der Waals surface area contributed by atoms with Crippen molar-refractivity contribution in [3.8, 4) is 17.5 Å². The van der Waals surface area contributed by atoms with Gasteiger partial charge < -0.3 is 16.0 Å². The summed E-state index contributed by atoms with van der Waals surface area (Å²) in [6, 6.07) is 12.0. The minimum Gasteiger partial charge on any atom is -0.369 e. The zero-order chi connectivity index (χ0) is 25.9. The van der Waals surface area contributed by atoms with E-state index in [0.717, 1.165) is 24.1 Å². The van der Waals surface area contributed by atoms with Gasteiger partial charge in [-0.2, -0.15) is 5.26 Å². The van der Waals surface area contributed by atoms with E-state index in [9.17, 15) is 9.59 Å². The molecular weight excluding hydrogens is 470 g/mol. The number of anilines is 2. The number of nitrogens with zero attached hydrogens (tertiary/aromatic N) is 7. The largest absolute Gasteiger partial charge is 0.369 e. The number of nitriles is 1. The quantitative estimate of drug-likeness (QED) is 0.402. The molecule has 2 amide bonds. The number of amides is 2. The van der Waals surface area contributed by atoms with Crippen molar-refractivity contribution in [2.45, 2.75) is 18.8 Å². The summed E-state index contributed by atoms with van der Waals surface area (Å²) in [6.45, 7) is 4.79. The third-order valence-electron chi connectivity index (χ3n) is 6.31. The number of benzene rings is 1. The van der Waals surface area contributed by atoms with Crippen LogP contribution in [-0.4, -0.2) is 54.1 Å². The van der Waals surface area contributed by atoms with Crippen molar-refractivity contribution in [1.29, 1.82) is 5.26 Å². The monoisotopic (exact) mass is 493 g/mol. The third-order valence-corrected chi connectivity index (χ3v) is 6.31. The molecular formula is C26H23N9O2. The van der Waals surface area contributed by atoms with Crippen LogP contribution in [0, 0.1) is 11.3 Å². The normalized spacial score (nSPS) is 15.2. The maximum absolute atomic E-state index is 12.7. The van der Waals surface area contributed by atoms with E-state index >= 15 is 0 Å². The Labute approximate surface area is 212 Å². The molecule has 0 spiro atoms. The third kappa shape index (κ3) is 4.60. The van der Waals surface area contributed by atoms with Crippen LogP contribution in [0.25, 0.3) is 17.0 Å². The second-order valence-electron chi connectivity index (χ2n) is 8.61. The fourth-order valence-corrected chi connectivity index (χ4v) is 4.49. The van der Waals surface area contributed by atoms with Crippen molar-refractivity contribution < 1.29 is 9.59 Å². The number of nitrogens with one attached hydrogen (secondary N) is 1. The van der Waals surface area contributed by atoms with Crippen molar-refractivity contribution >= 4 is 29.2 Å². The summed E-state index contributed by atoms with van der Waals surface area (Å²) in [5, 5.41) is 11.7.